The molecule has 2 rings (SSSR count). The molecule has 1 aromatic carbocycles. The van der Waals surface area contributed by atoms with Gasteiger partial charge in [0, 0.05) is 5.39 Å². The van der Waals surface area contributed by atoms with E-state index >= 15 is 0 Å². The number of aromatic hydroxyl groups is 1. The van der Waals surface area contributed by atoms with Crippen LogP contribution in [0.2, 0.25) is 5.15 Å². The van der Waals surface area contributed by atoms with E-state index in [1.807, 2.05) is 0 Å². The maximum absolute atomic E-state index is 13.1. The first kappa shape index (κ1) is 8.26. The normalized spacial score (nSPS) is 10.6. The van der Waals surface area contributed by atoms with Crippen LogP contribution < -0.4 is 0 Å². The molecule has 0 aliphatic rings. The Balaban J connectivity index is 2.89. The van der Waals surface area contributed by atoms with Gasteiger partial charge in [-0.05, 0) is 12.1 Å². The molecule has 1 heterocycles. The Morgan fingerprint density at radius 1 is 1.38 bits per heavy atom. The number of nitrogens with zero attached hydrogens (tertiary/aromatic N) is 1. The Bertz CT molecular complexity index is 472. The molecule has 0 fully saturated rings. The van der Waals surface area contributed by atoms with Gasteiger partial charge in [-0.2, -0.15) is 0 Å². The molecule has 0 saturated carbocycles. The van der Waals surface area contributed by atoms with Crippen molar-refractivity contribution < 1.29 is 9.50 Å². The number of hydrogen-bond acceptors (Lipinski definition) is 2. The highest BCUT2D eigenvalue weighted by Gasteiger charge is 2.06. The van der Waals surface area contributed by atoms with Crippen molar-refractivity contribution in [1.82, 2.24) is 4.98 Å². The van der Waals surface area contributed by atoms with Gasteiger partial charge in [0.05, 0.1) is 0 Å². The second-order valence-electron chi connectivity index (χ2n) is 2.61. The van der Waals surface area contributed by atoms with E-state index in [9.17, 15) is 9.50 Å². The lowest BCUT2D eigenvalue weighted by atomic mass is 10.2. The highest BCUT2D eigenvalue weighted by atomic mass is 35.5. The summed E-state index contributed by atoms with van der Waals surface area (Å²) in [5.74, 6) is -0.584. The zero-order chi connectivity index (χ0) is 9.42. The molecule has 2 nitrogen and oxygen atoms in total. The maximum atomic E-state index is 13.1. The summed E-state index contributed by atoms with van der Waals surface area (Å²) in [5, 5.41) is 9.64. The molecule has 4 heteroatoms. The van der Waals surface area contributed by atoms with Crippen LogP contribution in [0.15, 0.2) is 24.3 Å². The molecule has 66 valence electrons. The molecule has 0 aliphatic heterocycles. The third kappa shape index (κ3) is 1.31. The number of hydrogen-bond donors (Lipinski definition) is 1. The molecule has 1 N–H and O–H groups in total. The molecule has 0 atom stereocenters. The lowest BCUT2D eigenvalue weighted by Crippen LogP contribution is -1.84. The average Bonchev–Trinajstić information content (AvgIpc) is 2.09. The number of para-hydroxylation sites is 1. The fourth-order valence-electron chi connectivity index (χ4n) is 1.13. The molecular formula is C9H5ClFNO. The zero-order valence-electron chi connectivity index (χ0n) is 6.46. The van der Waals surface area contributed by atoms with E-state index in [0.717, 1.165) is 0 Å². The van der Waals surface area contributed by atoms with Crippen molar-refractivity contribution in [3.63, 3.8) is 0 Å². The van der Waals surface area contributed by atoms with E-state index in [1.165, 1.54) is 12.1 Å². The Hall–Kier alpha value is -1.35. The van der Waals surface area contributed by atoms with Gasteiger partial charge in [-0.15, -0.1) is 0 Å². The molecule has 0 aliphatic carbocycles. The van der Waals surface area contributed by atoms with Crippen LogP contribution in [0.4, 0.5) is 4.39 Å². The van der Waals surface area contributed by atoms with E-state index in [1.54, 1.807) is 12.1 Å². The maximum Gasteiger partial charge on any atom is 0.171 e. The van der Waals surface area contributed by atoms with Gasteiger partial charge in [0.1, 0.15) is 11.3 Å². The fourth-order valence-corrected chi connectivity index (χ4v) is 1.27. The monoisotopic (exact) mass is 197 g/mol. The van der Waals surface area contributed by atoms with Crippen molar-refractivity contribution >= 4 is 22.5 Å². The molecule has 0 spiro atoms. The summed E-state index contributed by atoms with van der Waals surface area (Å²) in [7, 11) is 0. The molecule has 0 unspecified atom stereocenters. The predicted molar refractivity (Wildman–Crippen MR) is 48.4 cm³/mol. The van der Waals surface area contributed by atoms with E-state index in [-0.39, 0.29) is 16.4 Å². The molecule has 0 radical (unpaired) electrons. The second-order valence-corrected chi connectivity index (χ2v) is 2.97. The second kappa shape index (κ2) is 2.85. The highest BCUT2D eigenvalue weighted by molar-refractivity contribution is 6.31. The smallest absolute Gasteiger partial charge is 0.171 e. The SMILES string of the molecule is Oc1cc2cccc(F)c2nc1Cl. The van der Waals surface area contributed by atoms with Crippen LogP contribution in [0.1, 0.15) is 0 Å². The Morgan fingerprint density at radius 3 is 2.92 bits per heavy atom. The minimum Gasteiger partial charge on any atom is -0.505 e. The van der Waals surface area contributed by atoms with Crippen LogP contribution in [-0.4, -0.2) is 10.1 Å². The standard InChI is InChI=1S/C9H5ClFNO/c10-9-7(13)4-5-2-1-3-6(11)8(5)12-9/h1-4,13H. The molecule has 13 heavy (non-hydrogen) atoms. The summed E-state index contributed by atoms with van der Waals surface area (Å²) < 4.78 is 13.1. The topological polar surface area (TPSA) is 33.1 Å². The van der Waals surface area contributed by atoms with E-state index in [0.29, 0.717) is 5.39 Å². The lowest BCUT2D eigenvalue weighted by molar-refractivity contribution is 0.474. The summed E-state index contributed by atoms with van der Waals surface area (Å²) in [4.78, 5) is 3.72. The first-order valence-electron chi connectivity index (χ1n) is 3.62. The van der Waals surface area contributed by atoms with Crippen LogP contribution in [0.25, 0.3) is 10.9 Å². The quantitative estimate of drug-likeness (QED) is 0.659. The number of fused-ring (bicyclic) bond motifs is 1. The summed E-state index contributed by atoms with van der Waals surface area (Å²) in [6, 6.07) is 5.88. The number of pyridine rings is 1. The summed E-state index contributed by atoms with van der Waals surface area (Å²) in [6.45, 7) is 0. The van der Waals surface area contributed by atoms with Gasteiger partial charge in [0.2, 0.25) is 0 Å². The molecular weight excluding hydrogens is 193 g/mol. The minimum absolute atomic E-state index is 0.0856. The first-order chi connectivity index (χ1) is 6.18. The van der Waals surface area contributed by atoms with Crippen molar-refractivity contribution in [3.8, 4) is 5.75 Å². The molecule has 2 aromatic rings. The molecule has 1 aromatic heterocycles. The van der Waals surface area contributed by atoms with Gasteiger partial charge in [-0.1, -0.05) is 23.7 Å². The van der Waals surface area contributed by atoms with Crippen LogP contribution in [0.3, 0.4) is 0 Å². The molecule has 0 bridgehead atoms. The van der Waals surface area contributed by atoms with Crippen molar-refractivity contribution in [3.05, 3.63) is 35.2 Å². The van der Waals surface area contributed by atoms with Gasteiger partial charge >= 0.3 is 0 Å². The Morgan fingerprint density at radius 2 is 2.15 bits per heavy atom. The molecule has 0 saturated heterocycles. The zero-order valence-corrected chi connectivity index (χ0v) is 7.22. The summed E-state index contributed by atoms with van der Waals surface area (Å²) in [5.41, 5.74) is 0.172. The highest BCUT2D eigenvalue weighted by Crippen LogP contribution is 2.26. The minimum atomic E-state index is -0.445. The Kier molecular flexibility index (Phi) is 1.81. The van der Waals surface area contributed by atoms with Gasteiger partial charge in [0.15, 0.2) is 10.9 Å². The Labute approximate surface area is 78.6 Å². The lowest BCUT2D eigenvalue weighted by Gasteiger charge is -2.00. The van der Waals surface area contributed by atoms with Crippen molar-refractivity contribution in [2.24, 2.45) is 0 Å². The first-order valence-corrected chi connectivity index (χ1v) is 4.00. The largest absolute Gasteiger partial charge is 0.505 e. The predicted octanol–water partition coefficient (Wildman–Crippen LogP) is 2.73. The number of benzene rings is 1. The van der Waals surface area contributed by atoms with E-state index in [4.69, 9.17) is 11.6 Å². The van der Waals surface area contributed by atoms with E-state index < -0.39 is 5.82 Å². The van der Waals surface area contributed by atoms with Crippen molar-refractivity contribution in [1.29, 1.82) is 0 Å². The van der Waals surface area contributed by atoms with Crippen LogP contribution in [0, 0.1) is 5.82 Å². The average molecular weight is 198 g/mol. The van der Waals surface area contributed by atoms with Crippen LogP contribution in [0.5, 0.6) is 5.75 Å². The number of aromatic nitrogens is 1. The van der Waals surface area contributed by atoms with E-state index in [2.05, 4.69) is 4.98 Å². The van der Waals surface area contributed by atoms with Crippen LogP contribution >= 0.6 is 11.6 Å². The summed E-state index contributed by atoms with van der Waals surface area (Å²) >= 11 is 5.53. The molecule has 0 amide bonds. The van der Waals surface area contributed by atoms with Gasteiger partial charge < -0.3 is 5.11 Å². The van der Waals surface area contributed by atoms with Gasteiger partial charge in [-0.25, -0.2) is 9.37 Å². The number of rotatable bonds is 0. The van der Waals surface area contributed by atoms with Crippen molar-refractivity contribution in [2.75, 3.05) is 0 Å². The van der Waals surface area contributed by atoms with Gasteiger partial charge in [0.25, 0.3) is 0 Å². The third-order valence-electron chi connectivity index (χ3n) is 1.73. The van der Waals surface area contributed by atoms with Crippen molar-refractivity contribution in [2.45, 2.75) is 0 Å². The van der Waals surface area contributed by atoms with Gasteiger partial charge in [-0.3, -0.25) is 0 Å². The third-order valence-corrected chi connectivity index (χ3v) is 2.01. The summed E-state index contributed by atoms with van der Waals surface area (Å²) in [6.07, 6.45) is 0. The van der Waals surface area contributed by atoms with Crippen LogP contribution in [-0.2, 0) is 0 Å². The number of halogens is 2. The fraction of sp³-hybridized carbons (Fsp3) is 0.